The first-order chi connectivity index (χ1) is 32.5. The largest absolute Gasteiger partial charge is 3.00 e. The fourth-order valence-corrected chi connectivity index (χ4v) is 9.32. The minimum absolute atomic E-state index is 0. The van der Waals surface area contributed by atoms with Crippen LogP contribution in [0.2, 0.25) is 0 Å². The van der Waals surface area contributed by atoms with Gasteiger partial charge in [0.25, 0.3) is 0 Å². The molecular formula is C55H32F3IrN6S3. The van der Waals surface area contributed by atoms with Crippen LogP contribution in [0, 0.1) is 19.2 Å². The van der Waals surface area contributed by atoms with E-state index in [1.165, 1.54) is 22.9 Å². The quantitative estimate of drug-likeness (QED) is 0.104. The van der Waals surface area contributed by atoms with Gasteiger partial charge in [-0.2, -0.15) is 58.8 Å². The molecule has 4 heterocycles. The first-order valence-corrected chi connectivity index (χ1v) is 22.4. The number of thiol groups is 2. The molecule has 12 aromatic rings. The van der Waals surface area contributed by atoms with Crippen LogP contribution in [-0.4, -0.2) is 30.6 Å². The first kappa shape index (κ1) is 46.3. The molecule has 68 heavy (non-hydrogen) atoms. The number of halogens is 3. The van der Waals surface area contributed by atoms with Crippen LogP contribution in [-0.2, 0) is 26.3 Å². The van der Waals surface area contributed by atoms with Gasteiger partial charge in [-0.15, -0.1) is 33.4 Å². The van der Waals surface area contributed by atoms with E-state index in [9.17, 15) is 13.2 Å². The van der Waals surface area contributed by atoms with Crippen molar-refractivity contribution in [3.05, 3.63) is 206 Å². The summed E-state index contributed by atoms with van der Waals surface area (Å²) >= 11 is 9.89. The van der Waals surface area contributed by atoms with Crippen molar-refractivity contribution in [2.45, 2.75) is 6.18 Å². The van der Waals surface area contributed by atoms with Crippen LogP contribution in [0.25, 0.3) is 106 Å². The minimum atomic E-state index is -4.39. The predicted octanol–water partition coefficient (Wildman–Crippen LogP) is 15.1. The second kappa shape index (κ2) is 19.4. The zero-order valence-corrected chi connectivity index (χ0v) is 40.3. The van der Waals surface area contributed by atoms with E-state index in [1.807, 2.05) is 78.9 Å². The minimum Gasteiger partial charge on any atom is -0.277 e. The molecule has 0 spiro atoms. The summed E-state index contributed by atoms with van der Waals surface area (Å²) in [6.07, 6.45) is -0.909. The summed E-state index contributed by atoms with van der Waals surface area (Å²) in [6, 6.07) is 53.2. The Morgan fingerprint density at radius 2 is 0.897 bits per heavy atom. The third-order valence-electron chi connectivity index (χ3n) is 11.2. The van der Waals surface area contributed by atoms with E-state index in [-0.39, 0.29) is 20.1 Å². The second-order valence-corrected chi connectivity index (χ2v) is 17.5. The summed E-state index contributed by atoms with van der Waals surface area (Å²) in [5.41, 5.74) is 2.43. The molecule has 0 unspecified atom stereocenters. The molecule has 0 saturated heterocycles. The normalized spacial score (nSPS) is 11.3. The maximum atomic E-state index is 13.0. The predicted molar refractivity (Wildman–Crippen MR) is 275 cm³/mol. The number of aromatic nitrogens is 6. The number of benzene rings is 8. The Labute approximate surface area is 416 Å². The Morgan fingerprint density at radius 3 is 1.35 bits per heavy atom. The van der Waals surface area contributed by atoms with Crippen LogP contribution in [0.4, 0.5) is 13.2 Å². The van der Waals surface area contributed by atoms with Crippen LogP contribution >= 0.6 is 36.6 Å². The average molecular weight is 1120 g/mol. The summed E-state index contributed by atoms with van der Waals surface area (Å²) < 4.78 is 40.2. The summed E-state index contributed by atoms with van der Waals surface area (Å²) in [5.74, 6) is 0. The molecule has 0 aliphatic rings. The smallest absolute Gasteiger partial charge is 0.277 e. The number of thiophene rings is 1. The van der Waals surface area contributed by atoms with Crippen molar-refractivity contribution in [2.75, 3.05) is 0 Å². The number of hydrogen-bond donors (Lipinski definition) is 2. The maximum absolute atomic E-state index is 13.0. The zero-order chi connectivity index (χ0) is 46.2. The number of rotatable bonds is 4. The van der Waals surface area contributed by atoms with Gasteiger partial charge in [0.05, 0.1) is 23.7 Å². The van der Waals surface area contributed by atoms with E-state index in [2.05, 4.69) is 117 Å². The van der Waals surface area contributed by atoms with Crippen molar-refractivity contribution < 1.29 is 33.3 Å². The Hall–Kier alpha value is -6.86. The number of alkyl halides is 3. The Balaban J connectivity index is 0.000000139. The van der Waals surface area contributed by atoms with Gasteiger partial charge < -0.3 is 0 Å². The molecule has 13 heteroatoms. The number of nitrogens with zero attached hydrogens (tertiary/aromatic N) is 6. The van der Waals surface area contributed by atoms with E-state index in [0.717, 1.165) is 81.0 Å². The van der Waals surface area contributed by atoms with Crippen LogP contribution in [0.15, 0.2) is 170 Å². The molecule has 0 amide bonds. The third kappa shape index (κ3) is 9.36. The SMILES string of the molecule is FC(F)(F)c1ccc(-c2nnc(-c3[c-]c4ccccc4s3)c3cc4ccccc4cc23)cc1.[CH-]=C(S)c1nncc2cc3ccccc3cc12.[CH-]=C(S)c1nncc2cc3ccccc3cc12.[Ir+3]. The van der Waals surface area contributed by atoms with E-state index < -0.39 is 11.7 Å². The molecule has 0 atom stereocenters. The van der Waals surface area contributed by atoms with Gasteiger partial charge in [-0.25, -0.2) is 21.5 Å². The molecule has 0 aliphatic carbocycles. The monoisotopic (exact) mass is 1120 g/mol. The van der Waals surface area contributed by atoms with Gasteiger partial charge in [-0.3, -0.25) is 13.2 Å². The topological polar surface area (TPSA) is 77.3 Å². The first-order valence-electron chi connectivity index (χ1n) is 20.7. The molecule has 0 aliphatic heterocycles. The van der Waals surface area contributed by atoms with E-state index in [0.29, 0.717) is 38.1 Å². The van der Waals surface area contributed by atoms with Crippen LogP contribution < -0.4 is 0 Å². The summed E-state index contributed by atoms with van der Waals surface area (Å²) in [6.45, 7) is 11.4. The third-order valence-corrected chi connectivity index (χ3v) is 12.7. The molecule has 4 aromatic heterocycles. The molecule has 330 valence electrons. The van der Waals surface area contributed by atoms with Crippen molar-refractivity contribution in [1.29, 1.82) is 0 Å². The van der Waals surface area contributed by atoms with Crippen LogP contribution in [0.3, 0.4) is 0 Å². The molecule has 12 rings (SSSR count). The van der Waals surface area contributed by atoms with Crippen molar-refractivity contribution in [3.8, 4) is 21.8 Å². The summed E-state index contributed by atoms with van der Waals surface area (Å²) in [4.78, 5) is 1.65. The molecular weight excluding hydrogens is 1090 g/mol. The molecule has 0 radical (unpaired) electrons. The van der Waals surface area contributed by atoms with Gasteiger partial charge in [0.1, 0.15) is 0 Å². The standard InChI is InChI=1S/C27H14F3N2S.2C14H9N2S.Ir/c28-27(29,30)20-11-9-16(10-12-20)25-21-13-17-5-1-2-6-18(17)14-22(21)26(32-31-25)24-15-19-7-3-4-8-23(19)33-24;2*1-9(17)14-13-7-11-5-3-2-4-10(11)6-12(13)8-15-16-14;/h1-14H;2*1-8,17H;/q3*-1;+3. The second-order valence-electron chi connectivity index (χ2n) is 15.5. The fourth-order valence-electron chi connectivity index (χ4n) is 7.99. The average Bonchev–Trinajstić information content (AvgIpc) is 3.78. The van der Waals surface area contributed by atoms with E-state index in [1.54, 1.807) is 23.7 Å². The van der Waals surface area contributed by atoms with Crippen molar-refractivity contribution in [1.82, 2.24) is 30.6 Å². The summed E-state index contributed by atoms with van der Waals surface area (Å²) in [7, 11) is 0. The molecule has 0 fully saturated rings. The Morgan fingerprint density at radius 1 is 0.485 bits per heavy atom. The van der Waals surface area contributed by atoms with Gasteiger partial charge in [0.2, 0.25) is 0 Å². The fraction of sp³-hybridized carbons (Fsp3) is 0.0182. The van der Waals surface area contributed by atoms with Crippen molar-refractivity contribution in [2.24, 2.45) is 0 Å². The van der Waals surface area contributed by atoms with Gasteiger partial charge >= 0.3 is 26.3 Å². The van der Waals surface area contributed by atoms with Crippen LogP contribution in [0.5, 0.6) is 0 Å². The zero-order valence-electron chi connectivity index (χ0n) is 35.3. The van der Waals surface area contributed by atoms with Crippen molar-refractivity contribution in [3.63, 3.8) is 0 Å². The van der Waals surface area contributed by atoms with Crippen LogP contribution in [0.1, 0.15) is 17.0 Å². The molecule has 0 saturated carbocycles. The Bertz CT molecular complexity index is 3740. The number of fused-ring (bicyclic) bond motifs is 7. The molecule has 8 aromatic carbocycles. The van der Waals surface area contributed by atoms with Gasteiger partial charge in [-0.1, -0.05) is 126 Å². The molecule has 0 N–H and O–H groups in total. The maximum Gasteiger partial charge on any atom is 3.00 e. The summed E-state index contributed by atoms with van der Waals surface area (Å²) in [5, 5.41) is 38.4. The van der Waals surface area contributed by atoms with Gasteiger partial charge in [0.15, 0.2) is 0 Å². The number of hydrogen-bond acceptors (Lipinski definition) is 9. The van der Waals surface area contributed by atoms with Crippen molar-refractivity contribution >= 4 is 121 Å². The van der Waals surface area contributed by atoms with E-state index >= 15 is 0 Å². The van der Waals surface area contributed by atoms with E-state index in [4.69, 9.17) is 13.2 Å². The molecule has 6 nitrogen and oxygen atoms in total. The Kier molecular flexibility index (Phi) is 13.2. The van der Waals surface area contributed by atoms with Gasteiger partial charge in [0, 0.05) is 16.6 Å². The van der Waals surface area contributed by atoms with Gasteiger partial charge in [-0.05, 0) is 99.8 Å². The molecule has 0 bridgehead atoms.